The Balaban J connectivity index is 1.99. The zero-order chi connectivity index (χ0) is 18.3. The second-order valence-electron chi connectivity index (χ2n) is 6.52. The van der Waals surface area contributed by atoms with Gasteiger partial charge in [0.15, 0.2) is 0 Å². The van der Waals surface area contributed by atoms with Crippen LogP contribution in [-0.4, -0.2) is 10.5 Å². The first-order valence-corrected chi connectivity index (χ1v) is 8.67. The van der Waals surface area contributed by atoms with Crippen molar-refractivity contribution in [3.8, 4) is 11.1 Å². The number of benzene rings is 3. The van der Waals surface area contributed by atoms with E-state index in [2.05, 4.69) is 66.0 Å². The van der Waals surface area contributed by atoms with Crippen molar-refractivity contribution in [2.75, 3.05) is 5.32 Å². The molecule has 1 heterocycles. The number of aryl methyl sites for hydroxylation is 1. The number of carbonyl (C=O) groups is 1. The Morgan fingerprint density at radius 1 is 1.04 bits per heavy atom. The molecule has 0 saturated carbocycles. The van der Waals surface area contributed by atoms with E-state index in [9.17, 15) is 4.79 Å². The van der Waals surface area contributed by atoms with Gasteiger partial charge in [0.2, 0.25) is 5.91 Å². The highest BCUT2D eigenvalue weighted by Gasteiger charge is 2.16. The number of anilines is 1. The molecule has 26 heavy (non-hydrogen) atoms. The van der Waals surface area contributed by atoms with Crippen LogP contribution in [0.4, 0.5) is 5.69 Å². The van der Waals surface area contributed by atoms with E-state index in [0.717, 1.165) is 27.8 Å². The minimum absolute atomic E-state index is 0.0947. The largest absolute Gasteiger partial charge is 0.345 e. The lowest BCUT2D eigenvalue weighted by atomic mass is 9.97. The molecule has 0 radical (unpaired) electrons. The minimum Gasteiger partial charge on any atom is -0.345 e. The van der Waals surface area contributed by atoms with Crippen LogP contribution in [0.25, 0.3) is 32.8 Å². The summed E-state index contributed by atoms with van der Waals surface area (Å²) in [6.45, 7) is 1.89. The summed E-state index contributed by atoms with van der Waals surface area (Å²) < 4.78 is 2.05. The minimum atomic E-state index is -0.0947. The van der Waals surface area contributed by atoms with E-state index in [1.807, 2.05) is 11.6 Å². The number of nitrogens with one attached hydrogen (secondary N) is 1. The Bertz CT molecular complexity index is 1140. The fraction of sp³-hybridized carbons (Fsp3) is 0.136. The lowest BCUT2D eigenvalue weighted by Crippen LogP contribution is -2.11. The first-order valence-electron chi connectivity index (χ1n) is 8.67. The zero-order valence-electron chi connectivity index (χ0n) is 14.9. The van der Waals surface area contributed by atoms with Gasteiger partial charge in [-0.2, -0.15) is 0 Å². The lowest BCUT2D eigenvalue weighted by molar-refractivity contribution is -0.114. The molecule has 1 amide bonds. The highest BCUT2D eigenvalue weighted by Crippen LogP contribution is 2.36. The summed E-state index contributed by atoms with van der Waals surface area (Å²) >= 11 is 0. The van der Waals surface area contributed by atoms with Crippen molar-refractivity contribution in [3.63, 3.8) is 0 Å². The maximum Gasteiger partial charge on any atom is 0.221 e. The Labute approximate surface area is 152 Å². The van der Waals surface area contributed by atoms with Crippen molar-refractivity contribution in [1.29, 1.82) is 0 Å². The molecule has 0 spiro atoms. The standard InChI is InChI=1S/C22H21N3O/c1-14(26)24-22-19-12-16(10-11-20(19)25(2)21(22)13-23)18-9-5-7-15-6-3-4-8-17(15)18/h3-12H,13,23H2,1-2H3,(H,24,26). The first-order chi connectivity index (χ1) is 12.6. The summed E-state index contributed by atoms with van der Waals surface area (Å²) in [7, 11) is 1.98. The van der Waals surface area contributed by atoms with Crippen LogP contribution in [0.2, 0.25) is 0 Å². The Morgan fingerprint density at radius 2 is 1.81 bits per heavy atom. The molecule has 1 aromatic heterocycles. The maximum absolute atomic E-state index is 11.7. The first kappa shape index (κ1) is 16.4. The second kappa shape index (κ2) is 6.32. The molecular weight excluding hydrogens is 322 g/mol. The van der Waals surface area contributed by atoms with Crippen LogP contribution in [0.3, 0.4) is 0 Å². The second-order valence-corrected chi connectivity index (χ2v) is 6.52. The number of hydrogen-bond acceptors (Lipinski definition) is 2. The molecular formula is C22H21N3O. The average Bonchev–Trinajstić information content (AvgIpc) is 2.91. The summed E-state index contributed by atoms with van der Waals surface area (Å²) in [5.41, 5.74) is 11.0. The van der Waals surface area contributed by atoms with Gasteiger partial charge in [0.1, 0.15) is 0 Å². The van der Waals surface area contributed by atoms with Gasteiger partial charge in [-0.25, -0.2) is 0 Å². The third-order valence-corrected chi connectivity index (χ3v) is 4.92. The fourth-order valence-electron chi connectivity index (χ4n) is 3.70. The van der Waals surface area contributed by atoms with Crippen LogP contribution in [0.1, 0.15) is 12.6 Å². The molecule has 0 aliphatic rings. The van der Waals surface area contributed by atoms with Gasteiger partial charge < -0.3 is 15.6 Å². The van der Waals surface area contributed by atoms with Crippen LogP contribution >= 0.6 is 0 Å². The molecule has 0 fully saturated rings. The Kier molecular flexibility index (Phi) is 3.98. The van der Waals surface area contributed by atoms with Gasteiger partial charge in [-0.05, 0) is 34.0 Å². The summed E-state index contributed by atoms with van der Waals surface area (Å²) in [5, 5.41) is 6.40. The van der Waals surface area contributed by atoms with Gasteiger partial charge in [-0.15, -0.1) is 0 Å². The number of carbonyl (C=O) groups excluding carboxylic acids is 1. The molecule has 4 aromatic rings. The molecule has 4 heteroatoms. The lowest BCUT2D eigenvalue weighted by Gasteiger charge is -2.08. The van der Waals surface area contributed by atoms with Crippen molar-refractivity contribution < 1.29 is 4.79 Å². The van der Waals surface area contributed by atoms with Crippen LogP contribution in [0.5, 0.6) is 0 Å². The van der Waals surface area contributed by atoms with Crippen molar-refractivity contribution in [2.45, 2.75) is 13.5 Å². The quantitative estimate of drug-likeness (QED) is 0.579. The number of fused-ring (bicyclic) bond motifs is 2. The van der Waals surface area contributed by atoms with Crippen molar-refractivity contribution in [3.05, 3.63) is 66.4 Å². The third-order valence-electron chi connectivity index (χ3n) is 4.92. The van der Waals surface area contributed by atoms with E-state index >= 15 is 0 Å². The van der Waals surface area contributed by atoms with E-state index in [-0.39, 0.29) is 5.91 Å². The normalized spacial score (nSPS) is 11.2. The van der Waals surface area contributed by atoms with E-state index in [1.54, 1.807) is 0 Å². The smallest absolute Gasteiger partial charge is 0.221 e. The number of rotatable bonds is 3. The van der Waals surface area contributed by atoms with Gasteiger partial charge in [0, 0.05) is 25.9 Å². The molecule has 4 nitrogen and oxygen atoms in total. The fourth-order valence-corrected chi connectivity index (χ4v) is 3.70. The number of aromatic nitrogens is 1. The van der Waals surface area contributed by atoms with Gasteiger partial charge >= 0.3 is 0 Å². The van der Waals surface area contributed by atoms with Crippen molar-refractivity contribution in [2.24, 2.45) is 12.8 Å². The third kappa shape index (κ3) is 2.55. The highest BCUT2D eigenvalue weighted by molar-refractivity contribution is 6.06. The molecule has 0 atom stereocenters. The molecule has 0 aliphatic heterocycles. The van der Waals surface area contributed by atoms with Gasteiger partial charge in [0.25, 0.3) is 0 Å². The predicted molar refractivity (Wildman–Crippen MR) is 108 cm³/mol. The molecule has 130 valence electrons. The number of nitrogens with zero attached hydrogens (tertiary/aromatic N) is 1. The van der Waals surface area contributed by atoms with Crippen LogP contribution < -0.4 is 11.1 Å². The summed E-state index contributed by atoms with van der Waals surface area (Å²) in [5.74, 6) is -0.0947. The van der Waals surface area contributed by atoms with Crippen molar-refractivity contribution in [1.82, 2.24) is 4.57 Å². The van der Waals surface area contributed by atoms with Gasteiger partial charge in [-0.3, -0.25) is 4.79 Å². The van der Waals surface area contributed by atoms with Crippen molar-refractivity contribution >= 4 is 33.3 Å². The number of amides is 1. The maximum atomic E-state index is 11.7. The summed E-state index contributed by atoms with van der Waals surface area (Å²) in [6, 6.07) is 21.1. The molecule has 4 rings (SSSR count). The van der Waals surface area contributed by atoms with E-state index < -0.39 is 0 Å². The van der Waals surface area contributed by atoms with Gasteiger partial charge in [0.05, 0.1) is 16.9 Å². The highest BCUT2D eigenvalue weighted by atomic mass is 16.1. The SMILES string of the molecule is CC(=O)Nc1c(CN)n(C)c2ccc(-c3cccc4ccccc34)cc12. The summed E-state index contributed by atoms with van der Waals surface area (Å²) in [4.78, 5) is 11.7. The van der Waals surface area contributed by atoms with E-state index in [1.165, 1.54) is 23.3 Å². The molecule has 0 bridgehead atoms. The number of nitrogens with two attached hydrogens (primary N) is 1. The summed E-state index contributed by atoms with van der Waals surface area (Å²) in [6.07, 6.45) is 0. The molecule has 0 aliphatic carbocycles. The van der Waals surface area contributed by atoms with E-state index in [4.69, 9.17) is 5.73 Å². The molecule has 0 unspecified atom stereocenters. The van der Waals surface area contributed by atoms with Crippen LogP contribution in [0, 0.1) is 0 Å². The Hall–Kier alpha value is -3.11. The molecule has 3 aromatic carbocycles. The average molecular weight is 343 g/mol. The Morgan fingerprint density at radius 3 is 2.58 bits per heavy atom. The topological polar surface area (TPSA) is 60.1 Å². The van der Waals surface area contributed by atoms with Crippen LogP contribution in [0.15, 0.2) is 60.7 Å². The zero-order valence-corrected chi connectivity index (χ0v) is 14.9. The molecule has 0 saturated heterocycles. The number of hydrogen-bond donors (Lipinski definition) is 2. The van der Waals surface area contributed by atoms with E-state index in [0.29, 0.717) is 6.54 Å². The molecule has 3 N–H and O–H groups in total. The monoisotopic (exact) mass is 343 g/mol. The predicted octanol–water partition coefficient (Wildman–Crippen LogP) is 4.42. The van der Waals surface area contributed by atoms with Crippen LogP contribution in [-0.2, 0) is 18.4 Å². The van der Waals surface area contributed by atoms with Gasteiger partial charge in [-0.1, -0.05) is 48.5 Å².